The van der Waals surface area contributed by atoms with Crippen molar-refractivity contribution in [2.75, 3.05) is 26.2 Å². The molecular weight excluding hydrogens is 454 g/mol. The van der Waals surface area contributed by atoms with Crippen molar-refractivity contribution in [2.45, 2.75) is 26.5 Å². The summed E-state index contributed by atoms with van der Waals surface area (Å²) >= 11 is 5.63. The van der Waals surface area contributed by atoms with Gasteiger partial charge in [0.15, 0.2) is 16.6 Å². The molecule has 1 N–H and O–H groups in total. The van der Waals surface area contributed by atoms with E-state index in [2.05, 4.69) is 10.1 Å². The van der Waals surface area contributed by atoms with Crippen LogP contribution in [0.2, 0.25) is 0 Å². The maximum absolute atomic E-state index is 12.9. The van der Waals surface area contributed by atoms with Gasteiger partial charge in [-0.1, -0.05) is 12.1 Å². The van der Waals surface area contributed by atoms with Gasteiger partial charge in [-0.3, -0.25) is 4.90 Å². The fourth-order valence-corrected chi connectivity index (χ4v) is 4.08. The lowest BCUT2D eigenvalue weighted by Crippen LogP contribution is -2.48. The van der Waals surface area contributed by atoms with Gasteiger partial charge in [0.2, 0.25) is 5.75 Å². The molecule has 0 aromatic heterocycles. The Balaban J connectivity index is 2.18. The monoisotopic (exact) mass is 478 g/mol. The summed E-state index contributed by atoms with van der Waals surface area (Å²) < 4.78 is 46.0. The summed E-state index contributed by atoms with van der Waals surface area (Å²) in [7, 11) is 3.92. The minimum atomic E-state index is -3.07. The lowest BCUT2D eigenvalue weighted by atomic mass is 9.94. The number of carbonyl (C=O) groups is 1. The third-order valence-corrected chi connectivity index (χ3v) is 5.47. The molecule has 10 heteroatoms. The van der Waals surface area contributed by atoms with Crippen molar-refractivity contribution >= 4 is 29.0 Å². The fourth-order valence-electron chi connectivity index (χ4n) is 3.72. The number of esters is 1. The Hall–Kier alpha value is -3.40. The second-order valence-corrected chi connectivity index (χ2v) is 7.57. The highest BCUT2D eigenvalue weighted by Crippen LogP contribution is 2.43. The van der Waals surface area contributed by atoms with Gasteiger partial charge in [-0.2, -0.15) is 8.78 Å². The standard InChI is InChI=1S/C23H24F2N2O5S/c1-12-7-6-8-15(9-12)27-13(2)18(21(28)31-5)19(26-23(27)33)14-10-16(29-3)20(32-22(24)25)17(11-14)30-4/h6-11,19,22H,1-5H3,(H,26,33). The molecule has 1 aliphatic heterocycles. The number of rotatable bonds is 7. The highest BCUT2D eigenvalue weighted by molar-refractivity contribution is 7.80. The number of methoxy groups -OCH3 is 3. The molecule has 0 aliphatic carbocycles. The first-order valence-corrected chi connectivity index (χ1v) is 10.3. The van der Waals surface area contributed by atoms with Gasteiger partial charge in [-0.05, 0) is 61.5 Å². The van der Waals surface area contributed by atoms with Crippen LogP contribution < -0.4 is 24.4 Å². The number of nitrogens with one attached hydrogen (secondary N) is 1. The van der Waals surface area contributed by atoms with E-state index in [1.165, 1.54) is 33.5 Å². The molecular formula is C23H24F2N2O5S. The van der Waals surface area contributed by atoms with Crippen molar-refractivity contribution in [3.63, 3.8) is 0 Å². The number of aryl methyl sites for hydroxylation is 1. The second kappa shape index (κ2) is 10.0. The van der Waals surface area contributed by atoms with Crippen LogP contribution in [0.4, 0.5) is 14.5 Å². The molecule has 1 heterocycles. The molecule has 1 atom stereocenters. The first-order valence-electron chi connectivity index (χ1n) is 9.88. The number of hydrogen-bond donors (Lipinski definition) is 1. The Bertz CT molecular complexity index is 1080. The normalized spacial score (nSPS) is 15.9. The molecule has 0 amide bonds. The van der Waals surface area contributed by atoms with Crippen molar-refractivity contribution in [3.8, 4) is 17.2 Å². The van der Waals surface area contributed by atoms with E-state index < -0.39 is 18.6 Å². The number of halogens is 2. The van der Waals surface area contributed by atoms with E-state index in [0.29, 0.717) is 21.9 Å². The average Bonchev–Trinajstić information content (AvgIpc) is 2.78. The Morgan fingerprint density at radius 1 is 1.09 bits per heavy atom. The van der Waals surface area contributed by atoms with Crippen LogP contribution in [0.15, 0.2) is 47.7 Å². The summed E-state index contributed by atoms with van der Waals surface area (Å²) in [6.45, 7) is 0.640. The number of benzene rings is 2. The van der Waals surface area contributed by atoms with Gasteiger partial charge >= 0.3 is 12.6 Å². The third-order valence-electron chi connectivity index (χ3n) is 5.17. The van der Waals surface area contributed by atoms with Crippen LogP contribution in [-0.4, -0.2) is 39.0 Å². The van der Waals surface area contributed by atoms with Gasteiger partial charge in [0.05, 0.1) is 32.9 Å². The zero-order valence-electron chi connectivity index (χ0n) is 18.8. The van der Waals surface area contributed by atoms with Crippen molar-refractivity contribution in [3.05, 3.63) is 58.8 Å². The van der Waals surface area contributed by atoms with Crippen LogP contribution in [-0.2, 0) is 9.53 Å². The van der Waals surface area contributed by atoms with Gasteiger partial charge < -0.3 is 24.3 Å². The number of nitrogens with zero attached hydrogens (tertiary/aromatic N) is 1. The molecule has 7 nitrogen and oxygen atoms in total. The third kappa shape index (κ3) is 4.85. The number of anilines is 1. The minimum absolute atomic E-state index is 0.0142. The highest BCUT2D eigenvalue weighted by Gasteiger charge is 2.36. The molecule has 0 saturated heterocycles. The quantitative estimate of drug-likeness (QED) is 0.461. The van der Waals surface area contributed by atoms with E-state index in [9.17, 15) is 13.6 Å². The lowest BCUT2D eigenvalue weighted by molar-refractivity contribution is -0.136. The Labute approximate surface area is 195 Å². The number of allylic oxidation sites excluding steroid dienone is 1. The van der Waals surface area contributed by atoms with Crippen molar-refractivity contribution in [2.24, 2.45) is 0 Å². The molecule has 1 unspecified atom stereocenters. The Morgan fingerprint density at radius 2 is 1.73 bits per heavy atom. The van der Waals surface area contributed by atoms with Gasteiger partial charge in [0, 0.05) is 11.4 Å². The van der Waals surface area contributed by atoms with E-state index in [1.54, 1.807) is 11.8 Å². The summed E-state index contributed by atoms with van der Waals surface area (Å²) in [5.41, 5.74) is 3.14. The van der Waals surface area contributed by atoms with E-state index in [1.807, 2.05) is 31.2 Å². The summed E-state index contributed by atoms with van der Waals surface area (Å²) in [6.07, 6.45) is 0. The van der Waals surface area contributed by atoms with Crippen LogP contribution in [0, 0.1) is 6.92 Å². The SMILES string of the molecule is COC(=O)C1=C(C)N(c2cccc(C)c2)C(=S)NC1c1cc(OC)c(OC(F)F)c(OC)c1. The van der Waals surface area contributed by atoms with Crippen molar-refractivity contribution in [1.29, 1.82) is 0 Å². The second-order valence-electron chi connectivity index (χ2n) is 7.18. The summed E-state index contributed by atoms with van der Waals surface area (Å²) in [6, 6.07) is 9.88. The molecule has 0 saturated carbocycles. The average molecular weight is 479 g/mol. The highest BCUT2D eigenvalue weighted by atomic mass is 32.1. The number of thiocarbonyl (C=S) groups is 1. The smallest absolute Gasteiger partial charge is 0.387 e. The van der Waals surface area contributed by atoms with E-state index in [0.717, 1.165) is 11.3 Å². The molecule has 1 aliphatic rings. The summed E-state index contributed by atoms with van der Waals surface area (Å²) in [4.78, 5) is 14.6. The maximum Gasteiger partial charge on any atom is 0.387 e. The zero-order valence-corrected chi connectivity index (χ0v) is 19.6. The number of ether oxygens (including phenoxy) is 4. The molecule has 0 bridgehead atoms. The number of hydrogen-bond acceptors (Lipinski definition) is 6. The summed E-state index contributed by atoms with van der Waals surface area (Å²) in [5.74, 6) is -0.796. The molecule has 176 valence electrons. The van der Waals surface area contributed by atoms with E-state index in [-0.39, 0.29) is 17.2 Å². The topological polar surface area (TPSA) is 69.3 Å². The molecule has 3 rings (SSSR count). The van der Waals surface area contributed by atoms with E-state index >= 15 is 0 Å². The molecule has 2 aromatic carbocycles. The van der Waals surface area contributed by atoms with E-state index in [4.69, 9.17) is 26.4 Å². The predicted molar refractivity (Wildman–Crippen MR) is 123 cm³/mol. The largest absolute Gasteiger partial charge is 0.493 e. The first kappa shape index (κ1) is 24.2. The Kier molecular flexibility index (Phi) is 7.37. The molecule has 0 fully saturated rings. The zero-order chi connectivity index (χ0) is 24.3. The molecule has 2 aromatic rings. The van der Waals surface area contributed by atoms with Crippen molar-refractivity contribution < 1.29 is 32.5 Å². The van der Waals surface area contributed by atoms with Crippen LogP contribution in [0.1, 0.15) is 24.1 Å². The van der Waals surface area contributed by atoms with Crippen molar-refractivity contribution in [1.82, 2.24) is 5.32 Å². The van der Waals surface area contributed by atoms with Gasteiger partial charge in [-0.15, -0.1) is 0 Å². The van der Waals surface area contributed by atoms with Crippen LogP contribution >= 0.6 is 12.2 Å². The number of alkyl halides is 2. The first-order chi connectivity index (χ1) is 15.7. The summed E-state index contributed by atoms with van der Waals surface area (Å²) in [5, 5.41) is 3.51. The molecule has 0 spiro atoms. The fraction of sp³-hybridized carbons (Fsp3) is 0.304. The van der Waals surface area contributed by atoms with Crippen LogP contribution in [0.3, 0.4) is 0 Å². The van der Waals surface area contributed by atoms with Gasteiger partial charge in [0.1, 0.15) is 0 Å². The number of carbonyl (C=O) groups excluding carboxylic acids is 1. The lowest BCUT2D eigenvalue weighted by Gasteiger charge is -2.37. The predicted octanol–water partition coefficient (Wildman–Crippen LogP) is 4.50. The molecule has 0 radical (unpaired) electrons. The van der Waals surface area contributed by atoms with Crippen LogP contribution in [0.25, 0.3) is 0 Å². The van der Waals surface area contributed by atoms with Gasteiger partial charge in [0.25, 0.3) is 0 Å². The molecule has 33 heavy (non-hydrogen) atoms. The maximum atomic E-state index is 12.9. The van der Waals surface area contributed by atoms with Gasteiger partial charge in [-0.25, -0.2) is 4.79 Å². The van der Waals surface area contributed by atoms with Crippen LogP contribution in [0.5, 0.6) is 17.2 Å². The Morgan fingerprint density at radius 3 is 2.24 bits per heavy atom. The minimum Gasteiger partial charge on any atom is -0.493 e.